The Labute approximate surface area is 305 Å². The van der Waals surface area contributed by atoms with E-state index in [1.165, 1.54) is 4.57 Å². The highest BCUT2D eigenvalue weighted by Gasteiger charge is 2.52. The Hall–Kier alpha value is -3.42. The molecular formula is C21H30N11O19P3S. The molecule has 2 fully saturated rings. The number of phosphoric acid groups is 3. The molecule has 12 N–H and O–H groups in total. The van der Waals surface area contributed by atoms with Crippen molar-refractivity contribution in [1.82, 2.24) is 43.8 Å². The van der Waals surface area contributed by atoms with Crippen molar-refractivity contribution in [2.24, 2.45) is 0 Å². The van der Waals surface area contributed by atoms with Gasteiger partial charge in [-0.3, -0.25) is 23.4 Å². The number of anilines is 2. The zero-order valence-electron chi connectivity index (χ0n) is 27.3. The van der Waals surface area contributed by atoms with Gasteiger partial charge in [-0.1, -0.05) is 0 Å². The second-order valence-electron chi connectivity index (χ2n) is 11.4. The van der Waals surface area contributed by atoms with Crippen molar-refractivity contribution >= 4 is 67.9 Å². The maximum atomic E-state index is 13.4. The van der Waals surface area contributed by atoms with Gasteiger partial charge in [0.1, 0.15) is 48.5 Å². The molecule has 0 spiro atoms. The first kappa shape index (κ1) is 41.2. The van der Waals surface area contributed by atoms with Crippen LogP contribution in [0.5, 0.6) is 0 Å². The van der Waals surface area contributed by atoms with Crippen molar-refractivity contribution in [1.29, 1.82) is 0 Å². The summed E-state index contributed by atoms with van der Waals surface area (Å²) in [6.07, 6.45) is -9.54. The number of imidazole rings is 2. The Morgan fingerprint density at radius 2 is 1.55 bits per heavy atom. The van der Waals surface area contributed by atoms with E-state index in [1.807, 2.05) is 4.72 Å². The summed E-state index contributed by atoms with van der Waals surface area (Å²) in [5.74, 6) is -0.348. The van der Waals surface area contributed by atoms with Crippen LogP contribution >= 0.6 is 23.5 Å². The van der Waals surface area contributed by atoms with Crippen LogP contribution in [0.15, 0.2) is 23.8 Å². The van der Waals surface area contributed by atoms with E-state index in [2.05, 4.69) is 43.0 Å². The molecule has 4 aromatic heterocycles. The fourth-order valence-corrected chi connectivity index (χ4v) is 9.57. The van der Waals surface area contributed by atoms with E-state index in [1.54, 1.807) is 0 Å². The van der Waals surface area contributed by atoms with Gasteiger partial charge in [0.15, 0.2) is 35.1 Å². The van der Waals surface area contributed by atoms with Gasteiger partial charge < -0.3 is 55.5 Å². The molecule has 10 atom stereocenters. The molecule has 0 radical (unpaired) electrons. The van der Waals surface area contributed by atoms with Crippen LogP contribution in [0.25, 0.3) is 22.3 Å². The van der Waals surface area contributed by atoms with Crippen molar-refractivity contribution in [3.05, 3.63) is 29.3 Å². The van der Waals surface area contributed by atoms with Gasteiger partial charge in [0, 0.05) is 13.7 Å². The van der Waals surface area contributed by atoms with Crippen molar-refractivity contribution in [2.45, 2.75) is 49.1 Å². The minimum Gasteiger partial charge on any atom is -0.387 e. The lowest BCUT2D eigenvalue weighted by atomic mass is 10.1. The van der Waals surface area contributed by atoms with Gasteiger partial charge in [0.25, 0.3) is 5.56 Å². The first-order chi connectivity index (χ1) is 25.6. The van der Waals surface area contributed by atoms with Crippen LogP contribution in [0.4, 0.5) is 11.8 Å². The summed E-state index contributed by atoms with van der Waals surface area (Å²) in [5, 5.41) is 21.5. The summed E-state index contributed by atoms with van der Waals surface area (Å²) in [4.78, 5) is 71.4. The third-order valence-electron chi connectivity index (χ3n) is 7.80. The number of aromatic nitrogens is 8. The average Bonchev–Trinajstić information content (AvgIpc) is 3.82. The zero-order valence-corrected chi connectivity index (χ0v) is 30.8. The topological polar surface area (TPSA) is 443 Å². The molecule has 2 aliphatic rings. The Bertz CT molecular complexity index is 2390. The van der Waals surface area contributed by atoms with Crippen molar-refractivity contribution in [2.75, 3.05) is 31.7 Å². The summed E-state index contributed by atoms with van der Waals surface area (Å²) in [7, 11) is -21.3. The molecule has 0 amide bonds. The van der Waals surface area contributed by atoms with Crippen LogP contribution in [-0.4, -0.2) is 134 Å². The standard InChI is InChI=1S/C21H30N11O19P3S/c1-45-14-13(49-55(43,44)28-2-7-11(33)12(34)19(47-7)32-6-27-10-17(32)29-21(23)30-18(10)35)8(3-46-53(39,40)51-54(41,42)50-52(36,37)38)48-20(14)31-5-26-9-15(22)24-4-25-16(9)31/h4-8,11-14,19-20,28,33-34H,2-3H2,1H3,(H,39,40)(H,41,42)(H2,22,24,25)(H2,36,37,38)(H3,23,29,30,35)/t7-,8?,11-,12-,13-,14-,19-,20-/m1/s1. The highest BCUT2D eigenvalue weighted by Crippen LogP contribution is 2.66. The molecule has 3 unspecified atom stereocenters. The number of H-pyrrole nitrogens is 1. The monoisotopic (exact) mass is 865 g/mol. The van der Waals surface area contributed by atoms with Gasteiger partial charge in [-0.15, -0.1) is 0 Å². The Morgan fingerprint density at radius 1 is 0.891 bits per heavy atom. The number of nitrogens with two attached hydrogens (primary N) is 2. The summed E-state index contributed by atoms with van der Waals surface area (Å²) >= 11 is 0. The highest BCUT2D eigenvalue weighted by molar-refractivity contribution is 7.84. The number of aliphatic hydroxyl groups is 2. The Morgan fingerprint density at radius 3 is 2.22 bits per heavy atom. The van der Waals surface area contributed by atoms with E-state index in [9.17, 15) is 46.9 Å². The van der Waals surface area contributed by atoms with Gasteiger partial charge in [-0.25, -0.2) is 37.8 Å². The van der Waals surface area contributed by atoms with Gasteiger partial charge in [0.05, 0.1) is 19.3 Å². The molecule has 30 nitrogen and oxygen atoms in total. The summed E-state index contributed by atoms with van der Waals surface area (Å²) in [5.41, 5.74) is 10.6. The number of aromatic amines is 1. The average molecular weight is 866 g/mol. The first-order valence-electron chi connectivity index (χ1n) is 14.9. The maximum absolute atomic E-state index is 13.4. The fourth-order valence-electron chi connectivity index (χ4n) is 5.58. The van der Waals surface area contributed by atoms with Crippen LogP contribution in [0.2, 0.25) is 0 Å². The molecule has 4 aromatic rings. The van der Waals surface area contributed by atoms with Crippen LogP contribution in [0.3, 0.4) is 0 Å². The first-order valence-corrected chi connectivity index (χ1v) is 20.8. The Balaban J connectivity index is 1.21. The molecule has 34 heteroatoms. The smallest absolute Gasteiger partial charge is 0.387 e. The predicted molar refractivity (Wildman–Crippen MR) is 175 cm³/mol. The normalized spacial score (nSPS) is 28.5. The Kier molecular flexibility index (Phi) is 11.4. The summed E-state index contributed by atoms with van der Waals surface area (Å²) in [6.45, 7) is -1.95. The number of phosphoric ester groups is 1. The van der Waals surface area contributed by atoms with Crippen LogP contribution in [0.1, 0.15) is 12.5 Å². The number of aliphatic hydroxyl groups excluding tert-OH is 2. The number of hydrogen-bond donors (Lipinski definition) is 10. The summed E-state index contributed by atoms with van der Waals surface area (Å²) in [6, 6.07) is 0. The molecule has 2 aliphatic heterocycles. The van der Waals surface area contributed by atoms with Crippen molar-refractivity contribution < 1.29 is 83.4 Å². The lowest BCUT2D eigenvalue weighted by Gasteiger charge is -2.24. The zero-order chi connectivity index (χ0) is 40.2. The highest BCUT2D eigenvalue weighted by atomic mass is 32.2. The van der Waals surface area contributed by atoms with Gasteiger partial charge in [-0.05, 0) is 0 Å². The van der Waals surface area contributed by atoms with Crippen LogP contribution in [-0.2, 0) is 55.5 Å². The van der Waals surface area contributed by atoms with Crippen LogP contribution < -0.4 is 21.7 Å². The van der Waals surface area contributed by atoms with Gasteiger partial charge >= 0.3 is 33.8 Å². The molecule has 304 valence electrons. The van der Waals surface area contributed by atoms with Crippen LogP contribution in [0, 0.1) is 0 Å². The fraction of sp³-hybridized carbons (Fsp3) is 0.524. The predicted octanol–water partition coefficient (Wildman–Crippen LogP) is -3.78. The second kappa shape index (κ2) is 15.2. The number of fused-ring (bicyclic) bond motifs is 2. The molecule has 0 saturated carbocycles. The third kappa shape index (κ3) is 8.94. The SMILES string of the molecule is CO[C@@H]1[C@H](OS(=O)(=O)NC[C@H]2O[C@@H](n3cnc4c(=O)[nH]c(N)nc43)[C@H](O)[C@@H]2O)C(COP(=O)(O)OP(=O)(O)OP(=O)(O)O)O[C@H]1n1cnc2c(N)ncnc21. The van der Waals surface area contributed by atoms with E-state index < -0.39 is 102 Å². The van der Waals surface area contributed by atoms with E-state index in [-0.39, 0.29) is 34.1 Å². The quantitative estimate of drug-likeness (QED) is 0.0513. The third-order valence-corrected chi connectivity index (χ3v) is 12.6. The van der Waals surface area contributed by atoms with Gasteiger partial charge in [0.2, 0.25) is 5.95 Å². The molecule has 55 heavy (non-hydrogen) atoms. The second-order valence-corrected chi connectivity index (χ2v) is 17.2. The minimum atomic E-state index is -5.94. The minimum absolute atomic E-state index is 0.0430. The largest absolute Gasteiger partial charge is 0.490 e. The molecule has 0 aromatic carbocycles. The lowest BCUT2D eigenvalue weighted by Crippen LogP contribution is -2.45. The number of nitrogen functional groups attached to an aromatic ring is 2. The lowest BCUT2D eigenvalue weighted by molar-refractivity contribution is -0.0577. The van der Waals surface area contributed by atoms with Crippen molar-refractivity contribution in [3.8, 4) is 0 Å². The number of nitrogens with one attached hydrogen (secondary N) is 2. The van der Waals surface area contributed by atoms with Crippen molar-refractivity contribution in [3.63, 3.8) is 0 Å². The number of ether oxygens (including phenoxy) is 3. The molecular weight excluding hydrogens is 835 g/mol. The van der Waals surface area contributed by atoms with E-state index in [0.717, 1.165) is 30.7 Å². The number of methoxy groups -OCH3 is 1. The number of rotatable bonds is 15. The summed E-state index contributed by atoms with van der Waals surface area (Å²) < 4.78 is 101. The van der Waals surface area contributed by atoms with Gasteiger partial charge in [-0.2, -0.15) is 26.7 Å². The number of hydrogen-bond acceptors (Lipinski definition) is 22. The number of nitrogens with zero attached hydrogens (tertiary/aromatic N) is 7. The molecule has 0 bridgehead atoms. The van der Waals surface area contributed by atoms with E-state index >= 15 is 0 Å². The van der Waals surface area contributed by atoms with E-state index in [4.69, 9.17) is 39.6 Å². The molecule has 0 aliphatic carbocycles. The van der Waals surface area contributed by atoms with E-state index in [0.29, 0.717) is 0 Å². The molecule has 2 saturated heterocycles. The molecule has 6 rings (SSSR count). The maximum Gasteiger partial charge on any atom is 0.490 e. The molecule has 6 heterocycles.